The maximum Gasteiger partial charge on any atom is 0.0988 e. The Bertz CT molecular complexity index is 332. The Balaban J connectivity index is 2.74. The molecule has 1 aromatic carbocycles. The molecule has 1 atom stereocenters. The summed E-state index contributed by atoms with van der Waals surface area (Å²) in [5.74, 6) is 0.380. The fourth-order valence-corrected chi connectivity index (χ4v) is 1.81. The molecule has 0 heterocycles. The van der Waals surface area contributed by atoms with Crippen LogP contribution < -0.4 is 0 Å². The normalized spacial score (nSPS) is 12.1. The Labute approximate surface area is 87.9 Å². The van der Waals surface area contributed by atoms with Crippen LogP contribution in [0.1, 0.15) is 18.4 Å². The summed E-state index contributed by atoms with van der Waals surface area (Å²) in [5, 5.41) is 8.74. The van der Waals surface area contributed by atoms with Gasteiger partial charge in [0.2, 0.25) is 0 Å². The third-order valence-electron chi connectivity index (χ3n) is 1.90. The Morgan fingerprint density at radius 1 is 1.57 bits per heavy atom. The van der Waals surface area contributed by atoms with Crippen molar-refractivity contribution in [1.29, 1.82) is 5.26 Å². The van der Waals surface area contributed by atoms with Crippen molar-refractivity contribution < 1.29 is 4.39 Å². The summed E-state index contributed by atoms with van der Waals surface area (Å²) < 4.78 is 11.9. The molecule has 0 aromatic heterocycles. The van der Waals surface area contributed by atoms with E-state index in [1.165, 1.54) is 11.8 Å². The number of hydrogen-bond acceptors (Lipinski definition) is 2. The van der Waals surface area contributed by atoms with Crippen LogP contribution in [0.2, 0.25) is 0 Å². The lowest BCUT2D eigenvalue weighted by Crippen LogP contribution is -1.89. The van der Waals surface area contributed by atoms with Gasteiger partial charge in [-0.3, -0.25) is 4.39 Å². The zero-order valence-electron chi connectivity index (χ0n) is 8.03. The maximum atomic E-state index is 11.9. The highest BCUT2D eigenvalue weighted by Gasteiger charge is 2.03. The molecule has 1 nitrogen and oxygen atoms in total. The molecule has 0 bridgehead atoms. The fraction of sp³-hybridized carbons (Fsp3) is 0.364. The van der Waals surface area contributed by atoms with Crippen LogP contribution in [0.3, 0.4) is 0 Å². The van der Waals surface area contributed by atoms with E-state index < -0.39 is 0 Å². The van der Waals surface area contributed by atoms with E-state index in [1.54, 1.807) is 0 Å². The highest BCUT2D eigenvalue weighted by molar-refractivity contribution is 7.99. The summed E-state index contributed by atoms with van der Waals surface area (Å²) in [6, 6.07) is 9.90. The van der Waals surface area contributed by atoms with Crippen LogP contribution in [0.25, 0.3) is 0 Å². The highest BCUT2D eigenvalue weighted by Crippen LogP contribution is 2.22. The number of nitriles is 1. The lowest BCUT2D eigenvalue weighted by atomic mass is 10.0. The molecule has 14 heavy (non-hydrogen) atoms. The Hall–Kier alpha value is -1.01. The van der Waals surface area contributed by atoms with Crippen molar-refractivity contribution in [2.45, 2.75) is 17.7 Å². The minimum Gasteiger partial charge on any atom is -0.250 e. The second-order valence-corrected chi connectivity index (χ2v) is 4.13. The van der Waals surface area contributed by atoms with Gasteiger partial charge < -0.3 is 0 Å². The quantitative estimate of drug-likeness (QED) is 0.710. The minimum absolute atomic E-state index is 0.0964. The van der Waals surface area contributed by atoms with Gasteiger partial charge in [0.1, 0.15) is 0 Å². The number of rotatable bonds is 4. The number of hydrogen-bond donors (Lipinski definition) is 0. The van der Waals surface area contributed by atoms with Crippen LogP contribution in [0.5, 0.6) is 0 Å². The Kier molecular flexibility index (Phi) is 4.48. The van der Waals surface area contributed by atoms with Crippen molar-refractivity contribution in [3.05, 3.63) is 29.8 Å². The van der Waals surface area contributed by atoms with E-state index in [9.17, 15) is 4.39 Å². The van der Waals surface area contributed by atoms with E-state index in [-0.39, 0.29) is 12.6 Å². The summed E-state index contributed by atoms with van der Waals surface area (Å²) in [6.45, 7) is 1.54. The van der Waals surface area contributed by atoms with Crippen molar-refractivity contribution in [1.82, 2.24) is 0 Å². The monoisotopic (exact) mass is 209 g/mol. The molecule has 74 valence electrons. The topological polar surface area (TPSA) is 23.8 Å². The van der Waals surface area contributed by atoms with Crippen LogP contribution in [0.15, 0.2) is 29.2 Å². The van der Waals surface area contributed by atoms with Crippen molar-refractivity contribution in [3.8, 4) is 6.07 Å². The third-order valence-corrected chi connectivity index (χ3v) is 2.84. The van der Waals surface area contributed by atoms with E-state index in [2.05, 4.69) is 6.07 Å². The molecule has 0 saturated heterocycles. The molecule has 0 N–H and O–H groups in total. The molecule has 0 amide bonds. The first-order valence-electron chi connectivity index (χ1n) is 4.46. The molecule has 0 saturated carbocycles. The molecular weight excluding hydrogens is 197 g/mol. The van der Waals surface area contributed by atoms with Crippen LogP contribution in [-0.2, 0) is 0 Å². The lowest BCUT2D eigenvalue weighted by Gasteiger charge is -2.05. The number of halogens is 1. The predicted molar refractivity (Wildman–Crippen MR) is 57.2 cm³/mol. The first-order chi connectivity index (χ1) is 6.77. The minimum atomic E-state index is -0.317. The van der Waals surface area contributed by atoms with Crippen LogP contribution in [0.4, 0.5) is 4.39 Å². The van der Waals surface area contributed by atoms with E-state index in [0.717, 1.165) is 10.5 Å². The standard InChI is InChI=1S/C11H12FNS/c1-9(8-13)10-3-2-4-11(7-10)14-6-5-12/h2-4,7,9H,5-6H2,1H3. The zero-order chi connectivity index (χ0) is 10.4. The van der Waals surface area contributed by atoms with E-state index >= 15 is 0 Å². The summed E-state index contributed by atoms with van der Waals surface area (Å²) in [5.41, 5.74) is 0.997. The Morgan fingerprint density at radius 2 is 2.36 bits per heavy atom. The summed E-state index contributed by atoms with van der Waals surface area (Å²) in [4.78, 5) is 1.03. The Morgan fingerprint density at radius 3 is 3.00 bits per heavy atom. The van der Waals surface area contributed by atoms with Crippen molar-refractivity contribution >= 4 is 11.8 Å². The lowest BCUT2D eigenvalue weighted by molar-refractivity contribution is 0.533. The first kappa shape index (κ1) is 11.1. The predicted octanol–water partition coefficient (Wildman–Crippen LogP) is 3.38. The summed E-state index contributed by atoms with van der Waals surface area (Å²) >= 11 is 1.48. The summed E-state index contributed by atoms with van der Waals surface area (Å²) in [6.07, 6.45) is 0. The van der Waals surface area contributed by atoms with Gasteiger partial charge in [0, 0.05) is 10.6 Å². The molecular formula is C11H12FNS. The molecule has 1 unspecified atom stereocenters. The molecule has 0 aliphatic rings. The second-order valence-electron chi connectivity index (χ2n) is 2.96. The molecule has 0 aliphatic carbocycles. The average Bonchev–Trinajstić information content (AvgIpc) is 2.25. The first-order valence-corrected chi connectivity index (χ1v) is 5.45. The van der Waals surface area contributed by atoms with Gasteiger partial charge in [-0.05, 0) is 24.6 Å². The van der Waals surface area contributed by atoms with E-state index in [0.29, 0.717) is 5.75 Å². The molecule has 0 aliphatic heterocycles. The summed E-state index contributed by atoms with van der Waals surface area (Å²) in [7, 11) is 0. The van der Waals surface area contributed by atoms with Crippen molar-refractivity contribution in [3.63, 3.8) is 0 Å². The largest absolute Gasteiger partial charge is 0.250 e. The van der Waals surface area contributed by atoms with Crippen LogP contribution >= 0.6 is 11.8 Å². The number of alkyl halides is 1. The second kappa shape index (κ2) is 5.66. The van der Waals surface area contributed by atoms with Gasteiger partial charge in [0.25, 0.3) is 0 Å². The van der Waals surface area contributed by atoms with Gasteiger partial charge in [-0.15, -0.1) is 11.8 Å². The number of thioether (sulfide) groups is 1. The number of nitrogens with zero attached hydrogens (tertiary/aromatic N) is 1. The zero-order valence-corrected chi connectivity index (χ0v) is 8.85. The van der Waals surface area contributed by atoms with Gasteiger partial charge in [-0.1, -0.05) is 12.1 Å². The van der Waals surface area contributed by atoms with Crippen molar-refractivity contribution in [2.24, 2.45) is 0 Å². The highest BCUT2D eigenvalue weighted by atomic mass is 32.2. The van der Waals surface area contributed by atoms with E-state index in [4.69, 9.17) is 5.26 Å². The number of benzene rings is 1. The molecule has 1 rings (SSSR count). The fourth-order valence-electron chi connectivity index (χ4n) is 1.10. The van der Waals surface area contributed by atoms with Gasteiger partial charge in [-0.25, -0.2) is 0 Å². The molecule has 0 radical (unpaired) electrons. The van der Waals surface area contributed by atoms with Crippen LogP contribution in [-0.4, -0.2) is 12.4 Å². The SMILES string of the molecule is CC(C#N)c1cccc(SCCF)c1. The average molecular weight is 209 g/mol. The molecule has 0 fully saturated rings. The van der Waals surface area contributed by atoms with Gasteiger partial charge in [-0.2, -0.15) is 5.26 Å². The molecule has 0 spiro atoms. The smallest absolute Gasteiger partial charge is 0.0988 e. The van der Waals surface area contributed by atoms with Gasteiger partial charge >= 0.3 is 0 Å². The molecule has 3 heteroatoms. The molecule has 1 aromatic rings. The van der Waals surface area contributed by atoms with Crippen molar-refractivity contribution in [2.75, 3.05) is 12.4 Å². The van der Waals surface area contributed by atoms with Crippen LogP contribution in [0, 0.1) is 11.3 Å². The van der Waals surface area contributed by atoms with E-state index in [1.807, 2.05) is 31.2 Å². The third kappa shape index (κ3) is 3.04. The van der Waals surface area contributed by atoms with Gasteiger partial charge in [0.05, 0.1) is 18.7 Å². The maximum absolute atomic E-state index is 11.9. The van der Waals surface area contributed by atoms with Gasteiger partial charge in [0.15, 0.2) is 0 Å².